The molecule has 2 aromatic rings. The highest BCUT2D eigenvalue weighted by molar-refractivity contribution is 5.94. The Hall–Kier alpha value is -2.89. The molecule has 0 unspecified atom stereocenters. The number of rotatable bonds is 11. The quantitative estimate of drug-likeness (QED) is 0.417. The van der Waals surface area contributed by atoms with Crippen molar-refractivity contribution in [2.24, 2.45) is 0 Å². The van der Waals surface area contributed by atoms with Gasteiger partial charge in [-0.3, -0.25) is 9.59 Å². The molecule has 0 saturated carbocycles. The van der Waals surface area contributed by atoms with Crippen molar-refractivity contribution in [2.45, 2.75) is 32.1 Å². The fourth-order valence-corrected chi connectivity index (χ4v) is 3.08. The number of aryl methyl sites for hydroxylation is 1. The lowest BCUT2D eigenvalue weighted by Gasteiger charge is -2.23. The fourth-order valence-electron chi connectivity index (χ4n) is 3.08. The van der Waals surface area contributed by atoms with E-state index in [9.17, 15) is 14.0 Å². The standard InChI is InChI=1S/C23H28FNO4/c1-28-21-17-19(13-14-20(21)24)23(27)25(15-7-6-12-22(26)29-2)16-8-11-18-9-4-3-5-10-18/h3-5,9-10,13-14,17H,6-8,11-12,15-16H2,1-2H3. The van der Waals surface area contributed by atoms with Crippen LogP contribution in [0.2, 0.25) is 0 Å². The Morgan fingerprint density at radius 1 is 0.966 bits per heavy atom. The lowest BCUT2D eigenvalue weighted by atomic mass is 10.1. The van der Waals surface area contributed by atoms with E-state index in [2.05, 4.69) is 16.9 Å². The Labute approximate surface area is 171 Å². The third kappa shape index (κ3) is 7.22. The zero-order valence-corrected chi connectivity index (χ0v) is 17.0. The number of carbonyl (C=O) groups excluding carboxylic acids is 2. The van der Waals surface area contributed by atoms with Crippen LogP contribution in [0.4, 0.5) is 4.39 Å². The van der Waals surface area contributed by atoms with Crippen molar-refractivity contribution in [3.05, 3.63) is 65.5 Å². The minimum atomic E-state index is -0.502. The molecule has 0 heterocycles. The molecule has 0 aliphatic carbocycles. The van der Waals surface area contributed by atoms with E-state index >= 15 is 0 Å². The number of methoxy groups -OCH3 is 2. The van der Waals surface area contributed by atoms with Gasteiger partial charge in [-0.05, 0) is 49.4 Å². The van der Waals surface area contributed by atoms with Crippen LogP contribution >= 0.6 is 0 Å². The predicted molar refractivity (Wildman–Crippen MR) is 109 cm³/mol. The van der Waals surface area contributed by atoms with Gasteiger partial charge >= 0.3 is 5.97 Å². The van der Waals surface area contributed by atoms with Crippen LogP contribution in [0.1, 0.15) is 41.6 Å². The van der Waals surface area contributed by atoms with Crippen molar-refractivity contribution in [1.29, 1.82) is 0 Å². The second-order valence-corrected chi connectivity index (χ2v) is 6.76. The average Bonchev–Trinajstić information content (AvgIpc) is 2.75. The number of hydrogen-bond donors (Lipinski definition) is 0. The summed E-state index contributed by atoms with van der Waals surface area (Å²) in [5, 5.41) is 0. The zero-order valence-electron chi connectivity index (χ0n) is 17.0. The number of ether oxygens (including phenoxy) is 2. The molecule has 0 fully saturated rings. The minimum Gasteiger partial charge on any atom is -0.494 e. The van der Waals surface area contributed by atoms with E-state index in [0.717, 1.165) is 12.8 Å². The van der Waals surface area contributed by atoms with Gasteiger partial charge in [0.15, 0.2) is 11.6 Å². The molecule has 1 amide bonds. The van der Waals surface area contributed by atoms with E-state index in [4.69, 9.17) is 4.74 Å². The Balaban J connectivity index is 2.01. The van der Waals surface area contributed by atoms with E-state index < -0.39 is 5.82 Å². The van der Waals surface area contributed by atoms with Gasteiger partial charge in [-0.1, -0.05) is 30.3 Å². The number of nitrogens with zero attached hydrogens (tertiary/aromatic N) is 1. The summed E-state index contributed by atoms with van der Waals surface area (Å²) in [5.74, 6) is -0.881. The summed E-state index contributed by atoms with van der Waals surface area (Å²) in [5.41, 5.74) is 1.60. The minimum absolute atomic E-state index is 0.0470. The third-order valence-corrected chi connectivity index (χ3v) is 4.71. The molecule has 6 heteroatoms. The first-order valence-corrected chi connectivity index (χ1v) is 9.78. The van der Waals surface area contributed by atoms with E-state index in [1.165, 1.54) is 38.0 Å². The molecule has 29 heavy (non-hydrogen) atoms. The molecular weight excluding hydrogens is 373 g/mol. The van der Waals surface area contributed by atoms with E-state index in [1.54, 1.807) is 4.90 Å². The number of benzene rings is 2. The lowest BCUT2D eigenvalue weighted by molar-refractivity contribution is -0.140. The van der Waals surface area contributed by atoms with E-state index in [1.807, 2.05) is 18.2 Å². The van der Waals surface area contributed by atoms with Crippen LogP contribution in [-0.2, 0) is 16.0 Å². The van der Waals surface area contributed by atoms with Gasteiger partial charge < -0.3 is 14.4 Å². The Kier molecular flexibility index (Phi) is 9.15. The van der Waals surface area contributed by atoms with E-state index in [0.29, 0.717) is 37.9 Å². The summed E-state index contributed by atoms with van der Waals surface area (Å²) in [6.45, 7) is 1.09. The van der Waals surface area contributed by atoms with Crippen LogP contribution in [0.25, 0.3) is 0 Å². The number of amides is 1. The maximum atomic E-state index is 13.7. The molecule has 0 aliphatic rings. The topological polar surface area (TPSA) is 55.8 Å². The Morgan fingerprint density at radius 2 is 1.69 bits per heavy atom. The highest BCUT2D eigenvalue weighted by Gasteiger charge is 2.17. The molecule has 0 bridgehead atoms. The largest absolute Gasteiger partial charge is 0.494 e. The summed E-state index contributed by atoms with van der Waals surface area (Å²) in [6.07, 6.45) is 3.32. The molecule has 2 aromatic carbocycles. The number of carbonyl (C=O) groups is 2. The van der Waals surface area contributed by atoms with E-state index in [-0.39, 0.29) is 17.6 Å². The summed E-state index contributed by atoms with van der Waals surface area (Å²) >= 11 is 0. The fraction of sp³-hybridized carbons (Fsp3) is 0.391. The van der Waals surface area contributed by atoms with Crippen molar-refractivity contribution in [2.75, 3.05) is 27.3 Å². The molecule has 0 N–H and O–H groups in total. The summed E-state index contributed by atoms with van der Waals surface area (Å²) in [6, 6.07) is 14.2. The first-order valence-electron chi connectivity index (χ1n) is 9.78. The van der Waals surface area contributed by atoms with Crippen LogP contribution in [0.3, 0.4) is 0 Å². The first kappa shape index (κ1) is 22.4. The number of hydrogen-bond acceptors (Lipinski definition) is 4. The molecule has 0 aliphatic heterocycles. The summed E-state index contributed by atoms with van der Waals surface area (Å²) in [7, 11) is 2.74. The smallest absolute Gasteiger partial charge is 0.305 e. The SMILES string of the molecule is COC(=O)CCCCN(CCCc1ccccc1)C(=O)c1ccc(F)c(OC)c1. The van der Waals surface area contributed by atoms with Crippen molar-refractivity contribution in [1.82, 2.24) is 4.90 Å². The van der Waals surface area contributed by atoms with Gasteiger partial charge in [0.25, 0.3) is 5.91 Å². The van der Waals surface area contributed by atoms with Gasteiger partial charge in [-0.25, -0.2) is 4.39 Å². The predicted octanol–water partition coefficient (Wildman–Crippen LogP) is 4.25. The molecule has 2 rings (SSSR count). The van der Waals surface area contributed by atoms with Crippen LogP contribution < -0.4 is 4.74 Å². The van der Waals surface area contributed by atoms with Gasteiger partial charge in [-0.15, -0.1) is 0 Å². The van der Waals surface area contributed by atoms with Crippen LogP contribution in [0, 0.1) is 5.82 Å². The van der Waals surface area contributed by atoms with Gasteiger partial charge in [-0.2, -0.15) is 0 Å². The zero-order chi connectivity index (χ0) is 21.1. The lowest BCUT2D eigenvalue weighted by Crippen LogP contribution is -2.33. The monoisotopic (exact) mass is 401 g/mol. The average molecular weight is 401 g/mol. The highest BCUT2D eigenvalue weighted by atomic mass is 19.1. The normalized spacial score (nSPS) is 10.4. The van der Waals surface area contributed by atoms with Crippen molar-refractivity contribution >= 4 is 11.9 Å². The number of halogens is 1. The summed E-state index contributed by atoms with van der Waals surface area (Å²) in [4.78, 5) is 26.1. The third-order valence-electron chi connectivity index (χ3n) is 4.71. The second-order valence-electron chi connectivity index (χ2n) is 6.76. The molecule has 0 saturated heterocycles. The van der Waals surface area contributed by atoms with Crippen LogP contribution in [-0.4, -0.2) is 44.1 Å². The number of esters is 1. The first-order chi connectivity index (χ1) is 14.0. The number of unbranched alkanes of at least 4 members (excludes halogenated alkanes) is 1. The Bertz CT molecular complexity index is 795. The molecule has 0 aromatic heterocycles. The van der Waals surface area contributed by atoms with Gasteiger partial charge in [0.1, 0.15) is 0 Å². The van der Waals surface area contributed by atoms with Crippen molar-refractivity contribution < 1.29 is 23.5 Å². The molecule has 0 spiro atoms. The molecule has 156 valence electrons. The maximum absolute atomic E-state index is 13.7. The van der Waals surface area contributed by atoms with Crippen molar-refractivity contribution in [3.63, 3.8) is 0 Å². The molecule has 5 nitrogen and oxygen atoms in total. The van der Waals surface area contributed by atoms with Gasteiger partial charge in [0.2, 0.25) is 0 Å². The maximum Gasteiger partial charge on any atom is 0.305 e. The second kappa shape index (κ2) is 11.8. The van der Waals surface area contributed by atoms with Crippen LogP contribution in [0.5, 0.6) is 5.75 Å². The van der Waals surface area contributed by atoms with Gasteiger partial charge in [0, 0.05) is 25.1 Å². The molecule has 0 atom stereocenters. The van der Waals surface area contributed by atoms with Gasteiger partial charge in [0.05, 0.1) is 14.2 Å². The Morgan fingerprint density at radius 3 is 2.38 bits per heavy atom. The van der Waals surface area contributed by atoms with Crippen LogP contribution in [0.15, 0.2) is 48.5 Å². The molecular formula is C23H28FNO4. The molecule has 0 radical (unpaired) electrons. The van der Waals surface area contributed by atoms with Crippen molar-refractivity contribution in [3.8, 4) is 5.75 Å². The highest BCUT2D eigenvalue weighted by Crippen LogP contribution is 2.20. The summed E-state index contributed by atoms with van der Waals surface area (Å²) < 4.78 is 23.3.